The number of ether oxygens (including phenoxy) is 1. The number of nitrogens with zero attached hydrogens (tertiary/aromatic N) is 1. The van der Waals surface area contributed by atoms with Crippen LogP contribution in [0.3, 0.4) is 0 Å². The summed E-state index contributed by atoms with van der Waals surface area (Å²) in [6.45, 7) is 2.20. The highest BCUT2D eigenvalue weighted by Crippen LogP contribution is 2.23. The van der Waals surface area contributed by atoms with Crippen molar-refractivity contribution in [2.45, 2.75) is 13.3 Å². The van der Waals surface area contributed by atoms with Crippen molar-refractivity contribution < 1.29 is 19.2 Å². The van der Waals surface area contributed by atoms with Crippen LogP contribution in [0.4, 0.5) is 11.4 Å². The number of hydrogen-bond acceptors (Lipinski definition) is 5. The summed E-state index contributed by atoms with van der Waals surface area (Å²) in [5.41, 5.74) is 0.569. The van der Waals surface area contributed by atoms with Crippen molar-refractivity contribution in [1.29, 1.82) is 0 Å². The highest BCUT2D eigenvalue weighted by atomic mass is 35.5. The van der Waals surface area contributed by atoms with Gasteiger partial charge in [-0.2, -0.15) is 0 Å². The fourth-order valence-electron chi connectivity index (χ4n) is 2.00. The SMILES string of the molecule is CCCOC(=O)c1cccc(NC(=O)c2ccc([N+](=O)[O-])cc2Cl)c1. The molecular weight excluding hydrogens is 348 g/mol. The highest BCUT2D eigenvalue weighted by Gasteiger charge is 2.16. The van der Waals surface area contributed by atoms with Crippen LogP contribution in [-0.2, 0) is 4.74 Å². The van der Waals surface area contributed by atoms with Gasteiger partial charge in [-0.15, -0.1) is 0 Å². The third kappa shape index (κ3) is 4.77. The Bertz CT molecular complexity index is 822. The van der Waals surface area contributed by atoms with Gasteiger partial charge in [-0.3, -0.25) is 14.9 Å². The molecule has 1 amide bonds. The van der Waals surface area contributed by atoms with Gasteiger partial charge >= 0.3 is 5.97 Å². The lowest BCUT2D eigenvalue weighted by molar-refractivity contribution is -0.384. The minimum absolute atomic E-state index is 0.0368. The molecule has 0 heterocycles. The number of anilines is 1. The number of rotatable bonds is 6. The predicted octanol–water partition coefficient (Wildman–Crippen LogP) is 4.07. The Morgan fingerprint density at radius 3 is 2.64 bits per heavy atom. The fourth-order valence-corrected chi connectivity index (χ4v) is 2.26. The summed E-state index contributed by atoms with van der Waals surface area (Å²) in [6, 6.07) is 9.84. The van der Waals surface area contributed by atoms with Crippen LogP contribution in [0.2, 0.25) is 5.02 Å². The van der Waals surface area contributed by atoms with Gasteiger partial charge < -0.3 is 10.1 Å². The molecule has 2 rings (SSSR count). The van der Waals surface area contributed by atoms with Crippen LogP contribution in [0.25, 0.3) is 0 Å². The minimum Gasteiger partial charge on any atom is -0.462 e. The molecule has 0 fully saturated rings. The fraction of sp³-hybridized carbons (Fsp3) is 0.176. The molecule has 0 radical (unpaired) electrons. The van der Waals surface area contributed by atoms with E-state index in [9.17, 15) is 19.7 Å². The first kappa shape index (κ1) is 18.4. The summed E-state index contributed by atoms with van der Waals surface area (Å²) in [6.07, 6.45) is 0.709. The van der Waals surface area contributed by atoms with Gasteiger partial charge in [-0.25, -0.2) is 4.79 Å². The van der Waals surface area contributed by atoms with Crippen LogP contribution in [0.1, 0.15) is 34.1 Å². The Kier molecular flexibility index (Phi) is 6.08. The Balaban J connectivity index is 2.15. The van der Waals surface area contributed by atoms with Gasteiger partial charge in [0.1, 0.15) is 0 Å². The number of carbonyl (C=O) groups is 2. The predicted molar refractivity (Wildman–Crippen MR) is 93.1 cm³/mol. The first-order valence-electron chi connectivity index (χ1n) is 7.45. The minimum atomic E-state index is -0.598. The summed E-state index contributed by atoms with van der Waals surface area (Å²) in [4.78, 5) is 34.2. The molecule has 25 heavy (non-hydrogen) atoms. The van der Waals surface area contributed by atoms with Crippen LogP contribution < -0.4 is 5.32 Å². The molecule has 0 aliphatic heterocycles. The first-order chi connectivity index (χ1) is 11.9. The first-order valence-corrected chi connectivity index (χ1v) is 7.82. The second-order valence-electron chi connectivity index (χ2n) is 5.09. The quantitative estimate of drug-likeness (QED) is 0.474. The number of hydrogen-bond donors (Lipinski definition) is 1. The highest BCUT2D eigenvalue weighted by molar-refractivity contribution is 6.34. The van der Waals surface area contributed by atoms with E-state index in [1.807, 2.05) is 6.92 Å². The number of amides is 1. The van der Waals surface area contributed by atoms with Gasteiger partial charge in [0.15, 0.2) is 0 Å². The summed E-state index contributed by atoms with van der Waals surface area (Å²) in [5.74, 6) is -1.02. The number of nitro groups is 1. The topological polar surface area (TPSA) is 98.5 Å². The van der Waals surface area contributed by atoms with Crippen LogP contribution in [0.15, 0.2) is 42.5 Å². The lowest BCUT2D eigenvalue weighted by Gasteiger charge is -2.08. The molecule has 0 bridgehead atoms. The molecule has 0 saturated carbocycles. The van der Waals surface area contributed by atoms with Gasteiger partial charge in [-0.05, 0) is 30.7 Å². The van der Waals surface area contributed by atoms with Crippen molar-refractivity contribution in [3.8, 4) is 0 Å². The number of esters is 1. The molecule has 2 aromatic rings. The van der Waals surface area contributed by atoms with E-state index >= 15 is 0 Å². The molecule has 0 spiro atoms. The molecular formula is C17H15ClN2O5. The van der Waals surface area contributed by atoms with E-state index in [0.717, 1.165) is 6.07 Å². The van der Waals surface area contributed by atoms with E-state index in [4.69, 9.17) is 16.3 Å². The largest absolute Gasteiger partial charge is 0.462 e. The van der Waals surface area contributed by atoms with E-state index in [1.165, 1.54) is 18.2 Å². The van der Waals surface area contributed by atoms with E-state index in [1.54, 1.807) is 18.2 Å². The second-order valence-corrected chi connectivity index (χ2v) is 5.50. The maximum Gasteiger partial charge on any atom is 0.338 e. The summed E-state index contributed by atoms with van der Waals surface area (Å²) in [5, 5.41) is 13.3. The van der Waals surface area contributed by atoms with Crippen molar-refractivity contribution in [3.63, 3.8) is 0 Å². The molecule has 0 aromatic heterocycles. The summed E-state index contributed by atoms with van der Waals surface area (Å²) >= 11 is 5.93. The average molecular weight is 363 g/mol. The zero-order chi connectivity index (χ0) is 18.4. The Morgan fingerprint density at radius 2 is 2.00 bits per heavy atom. The normalized spacial score (nSPS) is 10.2. The molecule has 0 atom stereocenters. The lowest BCUT2D eigenvalue weighted by atomic mass is 10.1. The average Bonchev–Trinajstić information content (AvgIpc) is 2.59. The molecule has 0 saturated heterocycles. The Hall–Kier alpha value is -2.93. The van der Waals surface area contributed by atoms with Crippen molar-refractivity contribution >= 4 is 34.9 Å². The van der Waals surface area contributed by atoms with Crippen LogP contribution in [0, 0.1) is 10.1 Å². The summed E-state index contributed by atoms with van der Waals surface area (Å²) < 4.78 is 5.04. The van der Waals surface area contributed by atoms with Crippen molar-refractivity contribution in [1.82, 2.24) is 0 Å². The monoisotopic (exact) mass is 362 g/mol. The smallest absolute Gasteiger partial charge is 0.338 e. The number of non-ortho nitro benzene ring substituents is 1. The molecule has 7 nitrogen and oxygen atoms in total. The molecule has 1 N–H and O–H groups in total. The van der Waals surface area contributed by atoms with E-state index in [0.29, 0.717) is 24.3 Å². The molecule has 130 valence electrons. The number of nitro benzene ring substituents is 1. The molecule has 0 aliphatic carbocycles. The third-order valence-electron chi connectivity index (χ3n) is 3.20. The van der Waals surface area contributed by atoms with Gasteiger partial charge in [-0.1, -0.05) is 24.6 Å². The number of halogens is 1. The maximum atomic E-state index is 12.3. The van der Waals surface area contributed by atoms with Crippen molar-refractivity contribution in [2.24, 2.45) is 0 Å². The molecule has 0 unspecified atom stereocenters. The van der Waals surface area contributed by atoms with Gasteiger partial charge in [0, 0.05) is 17.8 Å². The van der Waals surface area contributed by atoms with Gasteiger partial charge in [0.25, 0.3) is 11.6 Å². The van der Waals surface area contributed by atoms with Crippen LogP contribution >= 0.6 is 11.6 Å². The van der Waals surface area contributed by atoms with E-state index in [2.05, 4.69) is 5.32 Å². The third-order valence-corrected chi connectivity index (χ3v) is 3.51. The number of benzene rings is 2. The number of nitrogens with one attached hydrogen (secondary N) is 1. The number of carbonyl (C=O) groups excluding carboxylic acids is 2. The summed E-state index contributed by atoms with van der Waals surface area (Å²) in [7, 11) is 0. The molecule has 2 aromatic carbocycles. The van der Waals surface area contributed by atoms with E-state index < -0.39 is 16.8 Å². The van der Waals surface area contributed by atoms with Crippen molar-refractivity contribution in [2.75, 3.05) is 11.9 Å². The van der Waals surface area contributed by atoms with Crippen LogP contribution in [0.5, 0.6) is 0 Å². The van der Waals surface area contributed by atoms with Gasteiger partial charge in [0.05, 0.1) is 27.7 Å². The zero-order valence-electron chi connectivity index (χ0n) is 13.3. The van der Waals surface area contributed by atoms with E-state index in [-0.39, 0.29) is 16.3 Å². The Morgan fingerprint density at radius 1 is 1.24 bits per heavy atom. The molecule has 8 heteroatoms. The van der Waals surface area contributed by atoms with Crippen molar-refractivity contribution in [3.05, 3.63) is 68.7 Å². The molecule has 0 aliphatic rings. The van der Waals surface area contributed by atoms with Gasteiger partial charge in [0.2, 0.25) is 0 Å². The lowest BCUT2D eigenvalue weighted by Crippen LogP contribution is -2.13. The standard InChI is InChI=1S/C17H15ClN2O5/c1-2-8-25-17(22)11-4-3-5-12(9-11)19-16(21)14-7-6-13(20(23)24)10-15(14)18/h3-7,9-10H,2,8H2,1H3,(H,19,21). The maximum absolute atomic E-state index is 12.3. The van der Waals surface area contributed by atoms with Crippen LogP contribution in [-0.4, -0.2) is 23.4 Å². The zero-order valence-corrected chi connectivity index (χ0v) is 14.1. The second kappa shape index (κ2) is 8.25. The Labute approximate surface area is 148 Å².